The van der Waals surface area contributed by atoms with E-state index >= 15 is 0 Å². The minimum absolute atomic E-state index is 0.101. The topological polar surface area (TPSA) is 63.7 Å². The highest BCUT2D eigenvalue weighted by atomic mass is 79.9. The van der Waals surface area contributed by atoms with Gasteiger partial charge >= 0.3 is 0 Å². The molecular weight excluding hydrogens is 458 g/mol. The van der Waals surface area contributed by atoms with Crippen molar-refractivity contribution < 1.29 is 13.6 Å². The number of fused-ring (bicyclic) bond motifs is 2. The van der Waals surface area contributed by atoms with Crippen LogP contribution in [0.4, 0.5) is 0 Å². The third-order valence-corrected chi connectivity index (χ3v) is 6.25. The van der Waals surface area contributed by atoms with Crippen molar-refractivity contribution in [3.05, 3.63) is 104 Å². The molecule has 1 atom stereocenters. The first-order valence-electron chi connectivity index (χ1n) is 10.1. The van der Waals surface area contributed by atoms with Gasteiger partial charge in [0.15, 0.2) is 5.43 Å². The van der Waals surface area contributed by atoms with E-state index in [2.05, 4.69) is 29.8 Å². The molecule has 0 N–H and O–H groups in total. The lowest BCUT2D eigenvalue weighted by molar-refractivity contribution is 0.0701. The largest absolute Gasteiger partial charge is 0.467 e. The number of hydrogen-bond donors (Lipinski definition) is 0. The van der Waals surface area contributed by atoms with Crippen LogP contribution in [0.2, 0.25) is 0 Å². The van der Waals surface area contributed by atoms with Gasteiger partial charge in [-0.15, -0.1) is 0 Å². The molecular formula is C25H20BrNO4. The van der Waals surface area contributed by atoms with Crippen molar-refractivity contribution in [2.75, 3.05) is 0 Å². The van der Waals surface area contributed by atoms with Crippen LogP contribution in [0, 0.1) is 0 Å². The normalized spacial score (nSPS) is 15.8. The van der Waals surface area contributed by atoms with Crippen LogP contribution >= 0.6 is 15.9 Å². The van der Waals surface area contributed by atoms with Gasteiger partial charge in [0, 0.05) is 4.47 Å². The molecule has 0 saturated heterocycles. The molecule has 0 radical (unpaired) electrons. The second-order valence-corrected chi connectivity index (χ2v) is 8.97. The van der Waals surface area contributed by atoms with Crippen LogP contribution < -0.4 is 5.43 Å². The van der Waals surface area contributed by atoms with Crippen LogP contribution in [0.25, 0.3) is 11.0 Å². The number of halogens is 1. The molecule has 3 heterocycles. The molecule has 0 fully saturated rings. The van der Waals surface area contributed by atoms with E-state index in [1.165, 1.54) is 5.56 Å². The third-order valence-electron chi connectivity index (χ3n) is 5.75. The van der Waals surface area contributed by atoms with E-state index in [1.807, 2.05) is 30.3 Å². The summed E-state index contributed by atoms with van der Waals surface area (Å²) in [5, 5.41) is 0.449. The van der Waals surface area contributed by atoms with Crippen molar-refractivity contribution >= 4 is 32.8 Å². The predicted molar refractivity (Wildman–Crippen MR) is 121 cm³/mol. The molecule has 0 unspecified atom stereocenters. The van der Waals surface area contributed by atoms with Gasteiger partial charge in [0.1, 0.15) is 11.3 Å². The first kappa shape index (κ1) is 19.8. The van der Waals surface area contributed by atoms with Crippen LogP contribution in [0.15, 0.2) is 79.0 Å². The van der Waals surface area contributed by atoms with Gasteiger partial charge in [0.05, 0.1) is 29.8 Å². The Hall–Kier alpha value is -3.12. The molecule has 1 aliphatic rings. The summed E-state index contributed by atoms with van der Waals surface area (Å²) in [5.41, 5.74) is 2.64. The number of amides is 1. The highest BCUT2D eigenvalue weighted by Gasteiger charge is 2.43. The molecule has 5 nitrogen and oxygen atoms in total. The van der Waals surface area contributed by atoms with Crippen LogP contribution in [0.1, 0.15) is 58.8 Å². The van der Waals surface area contributed by atoms with E-state index in [-0.39, 0.29) is 23.6 Å². The summed E-state index contributed by atoms with van der Waals surface area (Å²) in [6.45, 7) is 4.50. The molecule has 2 aromatic carbocycles. The van der Waals surface area contributed by atoms with Gasteiger partial charge in [-0.25, -0.2) is 0 Å². The average Bonchev–Trinajstić information content (AvgIpc) is 3.36. The SMILES string of the molecule is CC(C)c1ccc([C@H]2c3c(oc4ccc(Br)cc4c3=O)C(=O)N2Cc2ccco2)cc1. The average molecular weight is 478 g/mol. The van der Waals surface area contributed by atoms with Crippen molar-refractivity contribution in [3.63, 3.8) is 0 Å². The minimum atomic E-state index is -0.548. The van der Waals surface area contributed by atoms with Crippen molar-refractivity contribution in [2.24, 2.45) is 0 Å². The van der Waals surface area contributed by atoms with Gasteiger partial charge in [-0.05, 0) is 47.4 Å². The van der Waals surface area contributed by atoms with E-state index in [0.717, 1.165) is 10.0 Å². The molecule has 0 aliphatic carbocycles. The highest BCUT2D eigenvalue weighted by Crippen LogP contribution is 2.39. The van der Waals surface area contributed by atoms with Gasteiger partial charge < -0.3 is 13.7 Å². The van der Waals surface area contributed by atoms with E-state index in [9.17, 15) is 9.59 Å². The second-order valence-electron chi connectivity index (χ2n) is 8.05. The van der Waals surface area contributed by atoms with E-state index in [4.69, 9.17) is 8.83 Å². The molecule has 5 rings (SSSR count). The quantitative estimate of drug-likeness (QED) is 0.360. The predicted octanol–water partition coefficient (Wildman–Crippen LogP) is 6.02. The Kier molecular flexibility index (Phi) is 4.82. The molecule has 0 spiro atoms. The van der Waals surface area contributed by atoms with Crippen molar-refractivity contribution in [3.8, 4) is 0 Å². The van der Waals surface area contributed by atoms with Gasteiger partial charge in [-0.2, -0.15) is 0 Å². The number of hydrogen-bond acceptors (Lipinski definition) is 4. The Morgan fingerprint density at radius 2 is 1.84 bits per heavy atom. The van der Waals surface area contributed by atoms with Crippen LogP contribution in [0.5, 0.6) is 0 Å². The summed E-state index contributed by atoms with van der Waals surface area (Å²) in [6, 6.07) is 16.4. The molecule has 2 aromatic heterocycles. The fourth-order valence-corrected chi connectivity index (χ4v) is 4.50. The number of carbonyl (C=O) groups excluding carboxylic acids is 1. The third kappa shape index (κ3) is 3.31. The van der Waals surface area contributed by atoms with E-state index in [0.29, 0.717) is 28.2 Å². The van der Waals surface area contributed by atoms with Gasteiger partial charge in [0.25, 0.3) is 5.91 Å². The van der Waals surface area contributed by atoms with Crippen molar-refractivity contribution in [1.82, 2.24) is 4.90 Å². The number of carbonyl (C=O) groups is 1. The minimum Gasteiger partial charge on any atom is -0.467 e. The number of nitrogens with zero attached hydrogens (tertiary/aromatic N) is 1. The lowest BCUT2D eigenvalue weighted by Gasteiger charge is -2.24. The molecule has 4 aromatic rings. The summed E-state index contributed by atoms with van der Waals surface area (Å²) in [7, 11) is 0. The molecule has 0 saturated carbocycles. The summed E-state index contributed by atoms with van der Waals surface area (Å²) in [6.07, 6.45) is 1.57. The van der Waals surface area contributed by atoms with Crippen LogP contribution in [0.3, 0.4) is 0 Å². The smallest absolute Gasteiger partial charge is 0.291 e. The Labute approximate surface area is 187 Å². The van der Waals surface area contributed by atoms with E-state index < -0.39 is 6.04 Å². The molecule has 31 heavy (non-hydrogen) atoms. The van der Waals surface area contributed by atoms with Crippen molar-refractivity contribution in [2.45, 2.75) is 32.4 Å². The standard InChI is InChI=1S/C25H20BrNO4/c1-14(2)15-5-7-16(8-6-15)22-21-23(28)19-12-17(26)9-10-20(19)31-24(21)25(29)27(22)13-18-4-3-11-30-18/h3-12,14,22H,13H2,1-2H3/t22-/m0/s1. The van der Waals surface area contributed by atoms with Crippen LogP contribution in [-0.4, -0.2) is 10.8 Å². The lowest BCUT2D eigenvalue weighted by Crippen LogP contribution is -2.29. The number of furan rings is 1. The molecule has 0 bridgehead atoms. The van der Waals surface area contributed by atoms with Crippen LogP contribution in [-0.2, 0) is 6.54 Å². The molecule has 1 amide bonds. The number of rotatable bonds is 4. The summed E-state index contributed by atoms with van der Waals surface area (Å²) < 4.78 is 12.2. The summed E-state index contributed by atoms with van der Waals surface area (Å²) >= 11 is 3.42. The Balaban J connectivity index is 1.72. The summed E-state index contributed by atoms with van der Waals surface area (Å²) in [5.74, 6) is 0.817. The van der Waals surface area contributed by atoms with Gasteiger partial charge in [-0.1, -0.05) is 54.0 Å². The zero-order valence-corrected chi connectivity index (χ0v) is 18.7. The fourth-order valence-electron chi connectivity index (χ4n) is 4.14. The fraction of sp³-hybridized carbons (Fsp3) is 0.200. The molecule has 1 aliphatic heterocycles. The second kappa shape index (κ2) is 7.54. The molecule has 156 valence electrons. The highest BCUT2D eigenvalue weighted by molar-refractivity contribution is 9.10. The van der Waals surface area contributed by atoms with E-state index in [1.54, 1.807) is 35.4 Å². The van der Waals surface area contributed by atoms with Crippen molar-refractivity contribution in [1.29, 1.82) is 0 Å². The Bertz CT molecular complexity index is 1340. The maximum atomic E-state index is 13.5. The zero-order valence-electron chi connectivity index (χ0n) is 17.1. The zero-order chi connectivity index (χ0) is 21.7. The summed E-state index contributed by atoms with van der Waals surface area (Å²) in [4.78, 5) is 28.6. The maximum Gasteiger partial charge on any atom is 0.291 e. The maximum absolute atomic E-state index is 13.5. The van der Waals surface area contributed by atoms with Gasteiger partial charge in [0.2, 0.25) is 5.76 Å². The first-order valence-corrected chi connectivity index (χ1v) is 10.9. The number of benzene rings is 2. The Morgan fingerprint density at radius 1 is 1.06 bits per heavy atom. The molecule has 6 heteroatoms. The Morgan fingerprint density at radius 3 is 2.52 bits per heavy atom. The lowest BCUT2D eigenvalue weighted by atomic mass is 9.95. The monoisotopic (exact) mass is 477 g/mol. The first-order chi connectivity index (χ1) is 14.9. The van der Waals surface area contributed by atoms with Gasteiger partial charge in [-0.3, -0.25) is 9.59 Å².